The molecule has 1 aromatic carbocycles. The van der Waals surface area contributed by atoms with Crippen molar-refractivity contribution in [1.82, 2.24) is 15.2 Å². The van der Waals surface area contributed by atoms with Gasteiger partial charge in [0.2, 0.25) is 5.16 Å². The van der Waals surface area contributed by atoms with E-state index in [-0.39, 0.29) is 5.75 Å². The van der Waals surface area contributed by atoms with Crippen LogP contribution < -0.4 is 10.2 Å². The number of phenols is 1. The summed E-state index contributed by atoms with van der Waals surface area (Å²) in [4.78, 5) is 9.18. The van der Waals surface area contributed by atoms with E-state index in [1.165, 1.54) is 26.0 Å². The topological polar surface area (TPSA) is 92.3 Å². The molecule has 108 valence electrons. The van der Waals surface area contributed by atoms with Gasteiger partial charge in [-0.05, 0) is 11.8 Å². The molecule has 1 aromatic heterocycles. The maximum absolute atomic E-state index is 10.2. The van der Waals surface area contributed by atoms with Crippen LogP contribution in [0, 0.1) is 0 Å². The van der Waals surface area contributed by atoms with Crippen molar-refractivity contribution in [3.63, 3.8) is 0 Å². The lowest BCUT2D eigenvalue weighted by atomic mass is 10.1. The molecule has 2 aromatic rings. The fourth-order valence-corrected chi connectivity index (χ4v) is 2.21. The van der Waals surface area contributed by atoms with E-state index < -0.39 is 0 Å². The number of hydrogen-bond acceptors (Lipinski definition) is 7. The number of nitrogens with zero attached hydrogens (tertiary/aromatic N) is 2. The summed E-state index contributed by atoms with van der Waals surface area (Å²) in [5, 5.41) is 17.7. The van der Waals surface area contributed by atoms with E-state index in [9.17, 15) is 5.11 Å². The van der Waals surface area contributed by atoms with Gasteiger partial charge in [-0.1, -0.05) is 18.7 Å². The van der Waals surface area contributed by atoms with Gasteiger partial charge in [-0.25, -0.2) is 4.98 Å². The van der Waals surface area contributed by atoms with Crippen LogP contribution in [-0.4, -0.2) is 40.3 Å². The molecule has 0 aliphatic heterocycles. The number of ether oxygens (including phenoxy) is 1. The molecule has 0 bridgehead atoms. The molecular formula is C12H16N4O3S. The SMILES string of the molecule is CCSc1n[nH]c(-c2cc(NOC)cc(OC)c2O)n1. The van der Waals surface area contributed by atoms with Crippen molar-refractivity contribution in [2.24, 2.45) is 0 Å². The molecule has 0 aliphatic carbocycles. The van der Waals surface area contributed by atoms with Crippen LogP contribution in [0.4, 0.5) is 5.69 Å². The van der Waals surface area contributed by atoms with Crippen LogP contribution in [0.1, 0.15) is 6.92 Å². The predicted molar refractivity (Wildman–Crippen MR) is 77.1 cm³/mol. The Balaban J connectivity index is 2.44. The second kappa shape index (κ2) is 6.49. The van der Waals surface area contributed by atoms with Gasteiger partial charge < -0.3 is 9.84 Å². The van der Waals surface area contributed by atoms with Crippen LogP contribution in [-0.2, 0) is 4.84 Å². The molecule has 0 saturated heterocycles. The van der Waals surface area contributed by atoms with Gasteiger partial charge in [-0.2, -0.15) is 0 Å². The molecule has 20 heavy (non-hydrogen) atoms. The second-order valence-corrected chi connectivity index (χ2v) is 5.01. The van der Waals surface area contributed by atoms with E-state index in [2.05, 4.69) is 20.7 Å². The third-order valence-corrected chi connectivity index (χ3v) is 3.24. The van der Waals surface area contributed by atoms with E-state index >= 15 is 0 Å². The highest BCUT2D eigenvalue weighted by molar-refractivity contribution is 7.99. The molecule has 0 atom stereocenters. The molecule has 1 heterocycles. The Morgan fingerprint density at radius 2 is 2.20 bits per heavy atom. The number of anilines is 1. The summed E-state index contributed by atoms with van der Waals surface area (Å²) in [7, 11) is 2.98. The van der Waals surface area contributed by atoms with Crippen LogP contribution in [0.15, 0.2) is 17.3 Å². The lowest BCUT2D eigenvalue weighted by Gasteiger charge is -2.11. The molecule has 0 fully saturated rings. The van der Waals surface area contributed by atoms with Gasteiger partial charge >= 0.3 is 0 Å². The molecule has 8 heteroatoms. The van der Waals surface area contributed by atoms with Crippen LogP contribution in [0.2, 0.25) is 0 Å². The first-order valence-electron chi connectivity index (χ1n) is 5.95. The number of methoxy groups -OCH3 is 1. The molecule has 0 unspecified atom stereocenters. The van der Waals surface area contributed by atoms with Gasteiger partial charge in [0.05, 0.1) is 25.5 Å². The van der Waals surface area contributed by atoms with Crippen molar-refractivity contribution in [2.45, 2.75) is 12.1 Å². The standard InChI is InChI=1S/C12H16N4O3S/c1-4-20-12-13-11(14-15-12)8-5-7(16-19-3)6-9(18-2)10(8)17/h5-6,16-17H,4H2,1-3H3,(H,13,14,15). The van der Waals surface area contributed by atoms with Crippen molar-refractivity contribution >= 4 is 17.4 Å². The number of aromatic nitrogens is 3. The molecule has 0 amide bonds. The quantitative estimate of drug-likeness (QED) is 0.428. The third kappa shape index (κ3) is 2.97. The van der Waals surface area contributed by atoms with Gasteiger partial charge in [0.1, 0.15) is 0 Å². The Kier molecular flexibility index (Phi) is 4.70. The zero-order chi connectivity index (χ0) is 14.5. The molecule has 3 N–H and O–H groups in total. The first-order valence-corrected chi connectivity index (χ1v) is 6.93. The van der Waals surface area contributed by atoms with E-state index in [1.54, 1.807) is 12.1 Å². The van der Waals surface area contributed by atoms with Crippen LogP contribution >= 0.6 is 11.8 Å². The van der Waals surface area contributed by atoms with Gasteiger partial charge in [0, 0.05) is 6.07 Å². The lowest BCUT2D eigenvalue weighted by Crippen LogP contribution is -1.97. The number of H-pyrrole nitrogens is 1. The van der Waals surface area contributed by atoms with Gasteiger partial charge in [-0.3, -0.25) is 15.4 Å². The monoisotopic (exact) mass is 296 g/mol. The van der Waals surface area contributed by atoms with E-state index in [0.29, 0.717) is 28.0 Å². The van der Waals surface area contributed by atoms with Crippen molar-refractivity contribution in [3.8, 4) is 22.9 Å². The minimum atomic E-state index is -0.00153. The maximum Gasteiger partial charge on any atom is 0.208 e. The fraction of sp³-hybridized carbons (Fsp3) is 0.333. The second-order valence-electron chi connectivity index (χ2n) is 3.78. The van der Waals surface area contributed by atoms with Crippen LogP contribution in [0.5, 0.6) is 11.5 Å². The largest absolute Gasteiger partial charge is 0.504 e. The number of nitrogens with one attached hydrogen (secondary N) is 2. The highest BCUT2D eigenvalue weighted by Crippen LogP contribution is 2.38. The number of phenolic OH excluding ortho intramolecular Hbond substituents is 1. The summed E-state index contributed by atoms with van der Waals surface area (Å²) >= 11 is 1.51. The molecule has 0 saturated carbocycles. The zero-order valence-corrected chi connectivity index (χ0v) is 12.2. The average Bonchev–Trinajstić information content (AvgIpc) is 2.89. The first kappa shape index (κ1) is 14.5. The zero-order valence-electron chi connectivity index (χ0n) is 11.4. The Labute approximate surface area is 120 Å². The van der Waals surface area contributed by atoms with E-state index in [1.807, 2.05) is 6.92 Å². The van der Waals surface area contributed by atoms with Crippen molar-refractivity contribution in [2.75, 3.05) is 25.5 Å². The smallest absolute Gasteiger partial charge is 0.208 e. The fourth-order valence-electron chi connectivity index (χ4n) is 1.68. The maximum atomic E-state index is 10.2. The number of benzene rings is 1. The number of thioether (sulfide) groups is 1. The summed E-state index contributed by atoms with van der Waals surface area (Å²) in [6, 6.07) is 3.32. The number of aromatic hydroxyl groups is 1. The van der Waals surface area contributed by atoms with Crippen molar-refractivity contribution in [1.29, 1.82) is 0 Å². The molecule has 0 aliphatic rings. The Hall–Kier alpha value is -1.93. The van der Waals surface area contributed by atoms with Gasteiger partial charge in [-0.15, -0.1) is 5.10 Å². The van der Waals surface area contributed by atoms with Crippen LogP contribution in [0.3, 0.4) is 0 Å². The lowest BCUT2D eigenvalue weighted by molar-refractivity contribution is 0.270. The van der Waals surface area contributed by atoms with E-state index in [4.69, 9.17) is 9.57 Å². The summed E-state index contributed by atoms with van der Waals surface area (Å²) in [5.41, 5.74) is 3.82. The van der Waals surface area contributed by atoms with E-state index in [0.717, 1.165) is 5.75 Å². The highest BCUT2D eigenvalue weighted by atomic mass is 32.2. The number of aromatic amines is 1. The Bertz CT molecular complexity index is 588. The predicted octanol–water partition coefficient (Wildman–Crippen LogP) is 2.27. The van der Waals surface area contributed by atoms with Crippen molar-refractivity contribution in [3.05, 3.63) is 12.1 Å². The molecule has 2 rings (SSSR count). The summed E-state index contributed by atoms with van der Waals surface area (Å²) in [5.74, 6) is 1.66. The normalized spacial score (nSPS) is 10.6. The first-order chi connectivity index (χ1) is 9.69. The third-order valence-electron chi connectivity index (χ3n) is 2.51. The molecule has 0 radical (unpaired) electrons. The van der Waals surface area contributed by atoms with Crippen LogP contribution in [0.25, 0.3) is 11.4 Å². The molecule has 0 spiro atoms. The summed E-state index contributed by atoms with van der Waals surface area (Å²) < 4.78 is 5.14. The minimum Gasteiger partial charge on any atom is -0.504 e. The summed E-state index contributed by atoms with van der Waals surface area (Å²) in [6.45, 7) is 2.02. The number of hydrogen-bond donors (Lipinski definition) is 3. The van der Waals surface area contributed by atoms with Gasteiger partial charge in [0.15, 0.2) is 17.3 Å². The van der Waals surface area contributed by atoms with Gasteiger partial charge in [0.25, 0.3) is 0 Å². The van der Waals surface area contributed by atoms with Crippen molar-refractivity contribution < 1.29 is 14.7 Å². The minimum absolute atomic E-state index is 0.00153. The molecule has 7 nitrogen and oxygen atoms in total. The molecular weight excluding hydrogens is 280 g/mol. The highest BCUT2D eigenvalue weighted by Gasteiger charge is 2.16. The summed E-state index contributed by atoms with van der Waals surface area (Å²) in [6.07, 6.45) is 0. The Morgan fingerprint density at radius 3 is 2.85 bits per heavy atom. The average molecular weight is 296 g/mol. The Morgan fingerprint density at radius 1 is 1.40 bits per heavy atom. The number of rotatable bonds is 6.